The van der Waals surface area contributed by atoms with Gasteiger partial charge in [0, 0.05) is 5.02 Å². The average Bonchev–Trinajstić information content (AvgIpc) is 2.15. The zero-order valence-electron chi connectivity index (χ0n) is 7.82. The number of nitrogens with two attached hydrogens (primary N) is 1. The van der Waals surface area contributed by atoms with Crippen molar-refractivity contribution in [2.24, 2.45) is 5.73 Å². The van der Waals surface area contributed by atoms with Gasteiger partial charge in [0.2, 0.25) is 0 Å². The van der Waals surface area contributed by atoms with Crippen molar-refractivity contribution in [2.75, 3.05) is 6.54 Å². The van der Waals surface area contributed by atoms with E-state index in [0.29, 0.717) is 18.0 Å². The number of hydrogen-bond acceptors (Lipinski definition) is 2. The van der Waals surface area contributed by atoms with E-state index < -0.39 is 6.10 Å². The van der Waals surface area contributed by atoms with E-state index in [1.807, 2.05) is 12.1 Å². The predicted octanol–water partition coefficient (Wildman–Crippen LogP) is 2.53. The number of benzene rings is 1. The van der Waals surface area contributed by atoms with Gasteiger partial charge in [0.05, 0.1) is 6.10 Å². The number of halogens is 2. The monoisotopic (exact) mass is 235 g/mol. The van der Waals surface area contributed by atoms with Crippen LogP contribution in [0.5, 0.6) is 0 Å². The summed E-state index contributed by atoms with van der Waals surface area (Å²) < 4.78 is 0. The highest BCUT2D eigenvalue weighted by atomic mass is 35.5. The number of rotatable bonds is 4. The van der Waals surface area contributed by atoms with Crippen LogP contribution in [0.2, 0.25) is 5.02 Å². The number of aliphatic hydroxyl groups excluding tert-OH is 1. The standard InChI is InChI=1S/C10H14ClNO.ClH/c11-9-5-3-8(4-6-9)10(13)2-1-7-12;/h3-6,10,13H,1-2,7,12H2;1H. The first-order valence-electron chi connectivity index (χ1n) is 4.37. The summed E-state index contributed by atoms with van der Waals surface area (Å²) in [7, 11) is 0. The molecule has 0 fully saturated rings. The van der Waals surface area contributed by atoms with E-state index in [1.165, 1.54) is 0 Å². The summed E-state index contributed by atoms with van der Waals surface area (Å²) in [6, 6.07) is 7.23. The lowest BCUT2D eigenvalue weighted by atomic mass is 10.1. The van der Waals surface area contributed by atoms with Gasteiger partial charge < -0.3 is 10.8 Å². The molecular weight excluding hydrogens is 221 g/mol. The van der Waals surface area contributed by atoms with Crippen LogP contribution in [0.25, 0.3) is 0 Å². The zero-order chi connectivity index (χ0) is 9.68. The van der Waals surface area contributed by atoms with Crippen molar-refractivity contribution < 1.29 is 5.11 Å². The van der Waals surface area contributed by atoms with Crippen molar-refractivity contribution in [3.8, 4) is 0 Å². The van der Waals surface area contributed by atoms with Crippen LogP contribution >= 0.6 is 24.0 Å². The topological polar surface area (TPSA) is 46.2 Å². The molecule has 1 unspecified atom stereocenters. The Morgan fingerprint density at radius 2 is 1.86 bits per heavy atom. The van der Waals surface area contributed by atoms with Crippen molar-refractivity contribution >= 4 is 24.0 Å². The van der Waals surface area contributed by atoms with Crippen LogP contribution in [0.3, 0.4) is 0 Å². The summed E-state index contributed by atoms with van der Waals surface area (Å²) in [6.07, 6.45) is 1.13. The molecule has 0 aliphatic rings. The highest BCUT2D eigenvalue weighted by Crippen LogP contribution is 2.19. The van der Waals surface area contributed by atoms with E-state index in [4.69, 9.17) is 17.3 Å². The fourth-order valence-electron chi connectivity index (χ4n) is 1.16. The smallest absolute Gasteiger partial charge is 0.0790 e. The summed E-state index contributed by atoms with van der Waals surface area (Å²) in [6.45, 7) is 0.616. The number of hydrogen-bond donors (Lipinski definition) is 2. The Bertz CT molecular complexity index is 251. The third kappa shape index (κ3) is 4.29. The van der Waals surface area contributed by atoms with E-state index >= 15 is 0 Å². The molecule has 4 heteroatoms. The Labute approximate surface area is 95.5 Å². The first-order valence-corrected chi connectivity index (χ1v) is 4.75. The molecule has 3 N–H and O–H groups in total. The molecule has 0 saturated heterocycles. The summed E-state index contributed by atoms with van der Waals surface area (Å²) in [5, 5.41) is 10.3. The maximum Gasteiger partial charge on any atom is 0.0790 e. The molecule has 2 nitrogen and oxygen atoms in total. The van der Waals surface area contributed by atoms with Gasteiger partial charge in [0.15, 0.2) is 0 Å². The SMILES string of the molecule is Cl.NCCCC(O)c1ccc(Cl)cc1. The van der Waals surface area contributed by atoms with Gasteiger partial charge in [-0.2, -0.15) is 0 Å². The average molecular weight is 236 g/mol. The fraction of sp³-hybridized carbons (Fsp3) is 0.400. The lowest BCUT2D eigenvalue weighted by Gasteiger charge is -2.09. The van der Waals surface area contributed by atoms with Crippen LogP contribution in [-0.2, 0) is 0 Å². The highest BCUT2D eigenvalue weighted by molar-refractivity contribution is 6.30. The van der Waals surface area contributed by atoms with Gasteiger partial charge >= 0.3 is 0 Å². The molecule has 0 heterocycles. The second-order valence-corrected chi connectivity index (χ2v) is 3.43. The second-order valence-electron chi connectivity index (χ2n) is 3.00. The maximum absolute atomic E-state index is 9.64. The van der Waals surface area contributed by atoms with E-state index in [2.05, 4.69) is 0 Å². The van der Waals surface area contributed by atoms with Gasteiger partial charge in [-0.15, -0.1) is 12.4 Å². The van der Waals surface area contributed by atoms with Crippen molar-refractivity contribution in [2.45, 2.75) is 18.9 Å². The Morgan fingerprint density at radius 3 is 2.36 bits per heavy atom. The third-order valence-corrected chi connectivity index (χ3v) is 2.19. The van der Waals surface area contributed by atoms with Gasteiger partial charge in [-0.1, -0.05) is 23.7 Å². The lowest BCUT2D eigenvalue weighted by molar-refractivity contribution is 0.165. The lowest BCUT2D eigenvalue weighted by Crippen LogP contribution is -2.03. The van der Waals surface area contributed by atoms with Gasteiger partial charge in [-0.05, 0) is 37.1 Å². The fourth-order valence-corrected chi connectivity index (χ4v) is 1.29. The Hall–Kier alpha value is -0.280. The minimum absolute atomic E-state index is 0. The quantitative estimate of drug-likeness (QED) is 0.843. The van der Waals surface area contributed by atoms with E-state index in [9.17, 15) is 5.11 Å². The molecule has 1 atom stereocenters. The first-order chi connectivity index (χ1) is 6.24. The van der Waals surface area contributed by atoms with Crippen LogP contribution in [0.15, 0.2) is 24.3 Å². The number of aliphatic hydroxyl groups is 1. The Kier molecular flexibility index (Phi) is 6.93. The van der Waals surface area contributed by atoms with Crippen LogP contribution in [0.4, 0.5) is 0 Å². The maximum atomic E-state index is 9.64. The zero-order valence-corrected chi connectivity index (χ0v) is 9.39. The molecule has 1 rings (SSSR count). The molecular formula is C10H15Cl2NO. The molecule has 0 aromatic heterocycles. The van der Waals surface area contributed by atoms with Crippen LogP contribution in [-0.4, -0.2) is 11.7 Å². The molecule has 0 amide bonds. The van der Waals surface area contributed by atoms with E-state index in [1.54, 1.807) is 12.1 Å². The molecule has 1 aromatic carbocycles. The Morgan fingerprint density at radius 1 is 1.29 bits per heavy atom. The van der Waals surface area contributed by atoms with E-state index in [0.717, 1.165) is 12.0 Å². The van der Waals surface area contributed by atoms with E-state index in [-0.39, 0.29) is 12.4 Å². The van der Waals surface area contributed by atoms with Gasteiger partial charge in [0.1, 0.15) is 0 Å². The van der Waals surface area contributed by atoms with Gasteiger partial charge in [-0.3, -0.25) is 0 Å². The third-order valence-electron chi connectivity index (χ3n) is 1.94. The highest BCUT2D eigenvalue weighted by Gasteiger charge is 2.05. The molecule has 0 bridgehead atoms. The summed E-state index contributed by atoms with van der Waals surface area (Å²) in [5.41, 5.74) is 6.25. The van der Waals surface area contributed by atoms with Gasteiger partial charge in [0.25, 0.3) is 0 Å². The molecule has 0 radical (unpaired) electrons. The minimum Gasteiger partial charge on any atom is -0.388 e. The normalized spacial score (nSPS) is 11.9. The van der Waals surface area contributed by atoms with Crippen LogP contribution in [0.1, 0.15) is 24.5 Å². The molecule has 0 aliphatic carbocycles. The van der Waals surface area contributed by atoms with Crippen molar-refractivity contribution in [1.82, 2.24) is 0 Å². The molecule has 0 aliphatic heterocycles. The minimum atomic E-state index is -0.416. The van der Waals surface area contributed by atoms with Crippen molar-refractivity contribution in [1.29, 1.82) is 0 Å². The van der Waals surface area contributed by atoms with Gasteiger partial charge in [-0.25, -0.2) is 0 Å². The molecule has 0 spiro atoms. The second kappa shape index (κ2) is 7.07. The molecule has 80 valence electrons. The first kappa shape index (κ1) is 13.7. The summed E-state index contributed by atoms with van der Waals surface area (Å²) in [5.74, 6) is 0. The summed E-state index contributed by atoms with van der Waals surface area (Å²) in [4.78, 5) is 0. The van der Waals surface area contributed by atoms with Crippen molar-refractivity contribution in [3.05, 3.63) is 34.9 Å². The van der Waals surface area contributed by atoms with Crippen molar-refractivity contribution in [3.63, 3.8) is 0 Å². The molecule has 14 heavy (non-hydrogen) atoms. The largest absolute Gasteiger partial charge is 0.388 e. The van der Waals surface area contributed by atoms with Crippen LogP contribution < -0.4 is 5.73 Å². The Balaban J connectivity index is 0.00000169. The molecule has 0 saturated carbocycles. The van der Waals surface area contributed by atoms with Crippen LogP contribution in [0, 0.1) is 0 Å². The summed E-state index contributed by atoms with van der Waals surface area (Å²) >= 11 is 5.72. The molecule has 1 aromatic rings. The predicted molar refractivity (Wildman–Crippen MR) is 61.9 cm³/mol.